The molecule has 0 bridgehead atoms. The smallest absolute Gasteiger partial charge is 0.325 e. The molecule has 1 atom stereocenters. The third kappa shape index (κ3) is 4.09. The minimum Gasteiger partial charge on any atom is -0.386 e. The summed E-state index contributed by atoms with van der Waals surface area (Å²) in [6.07, 6.45) is -0.957. The van der Waals surface area contributed by atoms with Crippen LogP contribution in [0.25, 0.3) is 0 Å². The Morgan fingerprint density at radius 1 is 1.31 bits per heavy atom. The molecule has 0 saturated carbocycles. The predicted octanol–water partition coefficient (Wildman–Crippen LogP) is -1.21. The normalized spacial score (nSPS) is 15.5. The van der Waals surface area contributed by atoms with E-state index in [9.17, 15) is 19.5 Å². The highest BCUT2D eigenvalue weighted by Crippen LogP contribution is 2.21. The molecule has 1 aliphatic heterocycles. The second-order valence-corrected chi connectivity index (χ2v) is 6.62. The van der Waals surface area contributed by atoms with Gasteiger partial charge in [-0.1, -0.05) is 0 Å². The number of hydrogen-bond donors (Lipinski definition) is 3. The Morgan fingerprint density at radius 2 is 2.08 bits per heavy atom. The number of hydrogen-bond acceptors (Lipinski definition) is 6. The van der Waals surface area contributed by atoms with E-state index in [0.717, 1.165) is 5.69 Å². The monoisotopic (exact) mass is 362 g/mol. The highest BCUT2D eigenvalue weighted by molar-refractivity contribution is 5.76. The summed E-state index contributed by atoms with van der Waals surface area (Å²) < 4.78 is 1.82. The molecule has 140 valence electrons. The van der Waals surface area contributed by atoms with E-state index in [1.807, 2.05) is 4.68 Å². The van der Waals surface area contributed by atoms with Gasteiger partial charge in [0.05, 0.1) is 24.4 Å². The Labute approximate surface area is 149 Å². The summed E-state index contributed by atoms with van der Waals surface area (Å²) in [5.41, 5.74) is 0.979. The molecule has 0 fully saturated rings. The van der Waals surface area contributed by atoms with Gasteiger partial charge in [-0.2, -0.15) is 5.10 Å². The minimum absolute atomic E-state index is 0.0127. The van der Waals surface area contributed by atoms with Crippen molar-refractivity contribution < 1.29 is 9.90 Å². The van der Waals surface area contributed by atoms with Crippen LogP contribution in [0.4, 0.5) is 0 Å². The van der Waals surface area contributed by atoms with E-state index in [0.29, 0.717) is 37.6 Å². The Kier molecular flexibility index (Phi) is 5.05. The first-order valence-corrected chi connectivity index (χ1v) is 8.31. The summed E-state index contributed by atoms with van der Waals surface area (Å²) in [7, 11) is 3.29. The van der Waals surface area contributed by atoms with Crippen molar-refractivity contribution in [2.24, 2.45) is 0 Å². The lowest BCUT2D eigenvalue weighted by molar-refractivity contribution is -0.130. The summed E-state index contributed by atoms with van der Waals surface area (Å²) in [4.78, 5) is 42.8. The van der Waals surface area contributed by atoms with Gasteiger partial charge in [-0.05, 0) is 6.07 Å². The van der Waals surface area contributed by atoms with Crippen molar-refractivity contribution in [1.82, 2.24) is 29.5 Å². The van der Waals surface area contributed by atoms with Crippen LogP contribution in [-0.2, 0) is 24.4 Å². The molecule has 10 heteroatoms. The van der Waals surface area contributed by atoms with Crippen molar-refractivity contribution in [3.63, 3.8) is 0 Å². The molecule has 0 aromatic carbocycles. The molecule has 3 heterocycles. The summed E-state index contributed by atoms with van der Waals surface area (Å²) in [6, 6.07) is 3.16. The third-order valence-corrected chi connectivity index (χ3v) is 4.31. The van der Waals surface area contributed by atoms with E-state index < -0.39 is 17.4 Å². The molecule has 2 aromatic heterocycles. The zero-order valence-corrected chi connectivity index (χ0v) is 14.7. The van der Waals surface area contributed by atoms with Crippen LogP contribution in [0.3, 0.4) is 0 Å². The average molecular weight is 362 g/mol. The topological polar surface area (TPSA) is 127 Å². The molecule has 0 spiro atoms. The largest absolute Gasteiger partial charge is 0.386 e. The van der Waals surface area contributed by atoms with Crippen molar-refractivity contribution in [2.75, 3.05) is 20.6 Å². The van der Waals surface area contributed by atoms with Gasteiger partial charge in [0.2, 0.25) is 5.91 Å². The first-order valence-electron chi connectivity index (χ1n) is 8.31. The molecular formula is C16H22N6O4. The Hall–Kier alpha value is -2.72. The lowest BCUT2D eigenvalue weighted by atomic mass is 10.1. The molecule has 26 heavy (non-hydrogen) atoms. The minimum atomic E-state index is -0.944. The zero-order chi connectivity index (χ0) is 18.8. The van der Waals surface area contributed by atoms with Gasteiger partial charge in [-0.15, -0.1) is 0 Å². The third-order valence-electron chi connectivity index (χ3n) is 4.31. The van der Waals surface area contributed by atoms with Gasteiger partial charge in [0.25, 0.3) is 5.56 Å². The van der Waals surface area contributed by atoms with Crippen LogP contribution in [0.15, 0.2) is 21.7 Å². The van der Waals surface area contributed by atoms with E-state index in [1.54, 1.807) is 20.2 Å². The standard InChI is InChI=1S/C16H22N6O4/c1-20(2)15(25)7-13(23)12-6-11-9-21(3-4-22(11)19-12)8-10-5-14(24)18-16(26)17-10/h5-6,13,23H,3-4,7-9H2,1-2H3,(H2,17,18,24,26)/t13-/m0/s1. The Balaban J connectivity index is 1.69. The van der Waals surface area contributed by atoms with Gasteiger partial charge < -0.3 is 15.0 Å². The number of nitrogens with zero attached hydrogens (tertiary/aromatic N) is 4. The average Bonchev–Trinajstić information content (AvgIpc) is 2.97. The number of rotatable bonds is 5. The fourth-order valence-corrected chi connectivity index (χ4v) is 2.94. The van der Waals surface area contributed by atoms with Crippen molar-refractivity contribution in [3.8, 4) is 0 Å². The number of aliphatic hydroxyl groups is 1. The predicted molar refractivity (Wildman–Crippen MR) is 92.3 cm³/mol. The molecule has 1 amide bonds. The van der Waals surface area contributed by atoms with E-state index in [4.69, 9.17) is 0 Å². The summed E-state index contributed by atoms with van der Waals surface area (Å²) in [6.45, 7) is 2.31. The maximum Gasteiger partial charge on any atom is 0.325 e. The summed E-state index contributed by atoms with van der Waals surface area (Å²) in [5, 5.41) is 14.6. The van der Waals surface area contributed by atoms with Crippen LogP contribution >= 0.6 is 0 Å². The van der Waals surface area contributed by atoms with Gasteiger partial charge in [0.15, 0.2) is 0 Å². The Morgan fingerprint density at radius 3 is 2.77 bits per heavy atom. The zero-order valence-electron chi connectivity index (χ0n) is 14.7. The number of aliphatic hydroxyl groups excluding tert-OH is 1. The summed E-state index contributed by atoms with van der Waals surface area (Å²) >= 11 is 0. The number of fused-ring (bicyclic) bond motifs is 1. The molecule has 0 radical (unpaired) electrons. The molecular weight excluding hydrogens is 340 g/mol. The van der Waals surface area contributed by atoms with Crippen LogP contribution in [0.1, 0.15) is 29.6 Å². The number of amides is 1. The molecule has 10 nitrogen and oxygen atoms in total. The van der Waals surface area contributed by atoms with E-state index in [2.05, 4.69) is 20.0 Å². The fourth-order valence-electron chi connectivity index (χ4n) is 2.94. The summed E-state index contributed by atoms with van der Waals surface area (Å²) in [5.74, 6) is -0.164. The number of aromatic nitrogens is 4. The van der Waals surface area contributed by atoms with Crippen molar-refractivity contribution >= 4 is 5.91 Å². The lowest BCUT2D eigenvalue weighted by Crippen LogP contribution is -2.35. The highest BCUT2D eigenvalue weighted by Gasteiger charge is 2.23. The number of nitrogens with one attached hydrogen (secondary N) is 2. The van der Waals surface area contributed by atoms with Crippen LogP contribution in [0, 0.1) is 0 Å². The number of carbonyl (C=O) groups excluding carboxylic acids is 1. The van der Waals surface area contributed by atoms with Crippen LogP contribution in [-0.4, -0.2) is 61.2 Å². The second kappa shape index (κ2) is 7.26. The van der Waals surface area contributed by atoms with Crippen molar-refractivity contribution in [3.05, 3.63) is 50.1 Å². The maximum atomic E-state index is 11.7. The van der Waals surface area contributed by atoms with Gasteiger partial charge in [-0.25, -0.2) is 4.79 Å². The van der Waals surface area contributed by atoms with E-state index in [1.165, 1.54) is 11.0 Å². The van der Waals surface area contributed by atoms with Crippen molar-refractivity contribution in [2.45, 2.75) is 32.2 Å². The molecule has 0 saturated heterocycles. The van der Waals surface area contributed by atoms with Crippen LogP contribution in [0.5, 0.6) is 0 Å². The molecule has 2 aromatic rings. The van der Waals surface area contributed by atoms with Gasteiger partial charge in [0.1, 0.15) is 6.10 Å². The van der Waals surface area contributed by atoms with E-state index >= 15 is 0 Å². The Bertz CT molecular complexity index is 884. The molecule has 3 N–H and O–H groups in total. The van der Waals surface area contributed by atoms with E-state index in [-0.39, 0.29) is 12.3 Å². The quantitative estimate of drug-likeness (QED) is 0.612. The second-order valence-electron chi connectivity index (χ2n) is 6.62. The van der Waals surface area contributed by atoms with Crippen molar-refractivity contribution in [1.29, 1.82) is 0 Å². The number of carbonyl (C=O) groups is 1. The van der Waals surface area contributed by atoms with Crippen LogP contribution < -0.4 is 11.2 Å². The maximum absolute atomic E-state index is 11.7. The molecule has 0 unspecified atom stereocenters. The number of H-pyrrole nitrogens is 2. The van der Waals surface area contributed by atoms with Crippen LogP contribution in [0.2, 0.25) is 0 Å². The lowest BCUT2D eigenvalue weighted by Gasteiger charge is -2.27. The number of aromatic amines is 2. The van der Waals surface area contributed by atoms with Gasteiger partial charge in [0, 0.05) is 45.5 Å². The van der Waals surface area contributed by atoms with Gasteiger partial charge in [-0.3, -0.25) is 24.2 Å². The van der Waals surface area contributed by atoms with Gasteiger partial charge >= 0.3 is 5.69 Å². The highest BCUT2D eigenvalue weighted by atomic mass is 16.3. The molecule has 3 rings (SSSR count). The first-order chi connectivity index (χ1) is 12.3. The SMILES string of the molecule is CN(C)C(=O)C[C@H](O)c1cc2n(n1)CCN(Cc1cc(=O)[nH]c(=O)[nH]1)C2. The fraction of sp³-hybridized carbons (Fsp3) is 0.500. The first kappa shape index (κ1) is 18.1. The molecule has 0 aliphatic carbocycles. The molecule has 1 aliphatic rings.